The number of hydrogen-bond acceptors (Lipinski definition) is 5. The van der Waals surface area contributed by atoms with Crippen LogP contribution in [0.1, 0.15) is 21.5 Å². The molecular weight excluding hydrogens is 318 g/mol. The van der Waals surface area contributed by atoms with E-state index in [-0.39, 0.29) is 5.78 Å². The molecule has 0 unspecified atom stereocenters. The fourth-order valence-corrected chi connectivity index (χ4v) is 2.55. The molecule has 0 aromatic heterocycles. The Hall–Kier alpha value is -2.54. The average Bonchev–Trinajstić information content (AvgIpc) is 2.62. The summed E-state index contributed by atoms with van der Waals surface area (Å²) in [6.07, 6.45) is 0.768. The van der Waals surface area contributed by atoms with Crippen molar-refractivity contribution in [1.29, 1.82) is 0 Å². The first kappa shape index (κ1) is 18.8. The Labute approximate surface area is 147 Å². The highest BCUT2D eigenvalue weighted by atomic mass is 16.6. The van der Waals surface area contributed by atoms with E-state index >= 15 is 0 Å². The van der Waals surface area contributed by atoms with Crippen LogP contribution in [0.25, 0.3) is 0 Å². The van der Waals surface area contributed by atoms with Crippen LogP contribution in [0.5, 0.6) is 0 Å². The Bertz CT molecular complexity index is 719. The molecule has 0 bridgehead atoms. The molecule has 2 aromatic carbocycles. The topological polar surface area (TPSA) is 107 Å². The number of hydroxylamine groups is 1. The molecular formula is C19H23N3O3. The van der Waals surface area contributed by atoms with Crippen molar-refractivity contribution in [2.45, 2.75) is 24.9 Å². The maximum Gasteiger partial charge on any atom is 0.260 e. The highest BCUT2D eigenvalue weighted by Crippen LogP contribution is 2.12. The van der Waals surface area contributed by atoms with Crippen LogP contribution in [0.4, 0.5) is 0 Å². The number of hydrogen-bond donors (Lipinski definition) is 3. The van der Waals surface area contributed by atoms with Gasteiger partial charge in [0.1, 0.15) is 0 Å². The van der Waals surface area contributed by atoms with Gasteiger partial charge in [0.05, 0.1) is 19.2 Å². The standard InChI is InChI=1S/C19H23N3O3/c1-25-22-19(24)17(21)12-14-8-5-9-15(10-14)18(23)16(20)11-13-6-3-2-4-7-13/h2-10,16-17H,11-12,20-21H2,1H3,(H,22,24)/t16-,17-/m0/s1. The molecule has 0 radical (unpaired) electrons. The van der Waals surface area contributed by atoms with Gasteiger partial charge < -0.3 is 11.5 Å². The third kappa shape index (κ3) is 5.49. The smallest absolute Gasteiger partial charge is 0.260 e. The summed E-state index contributed by atoms with van der Waals surface area (Å²) < 4.78 is 0. The zero-order valence-corrected chi connectivity index (χ0v) is 14.1. The van der Waals surface area contributed by atoms with Crippen molar-refractivity contribution < 1.29 is 14.4 Å². The molecule has 6 heteroatoms. The number of carbonyl (C=O) groups excluding carboxylic acids is 2. The van der Waals surface area contributed by atoms with Crippen LogP contribution in [0.15, 0.2) is 54.6 Å². The lowest BCUT2D eigenvalue weighted by Crippen LogP contribution is -2.41. The highest BCUT2D eigenvalue weighted by molar-refractivity contribution is 6.00. The Morgan fingerprint density at radius 2 is 1.60 bits per heavy atom. The minimum absolute atomic E-state index is 0.138. The van der Waals surface area contributed by atoms with Gasteiger partial charge in [0.2, 0.25) is 0 Å². The molecule has 0 aliphatic heterocycles. The second-order valence-corrected chi connectivity index (χ2v) is 5.84. The fraction of sp³-hybridized carbons (Fsp3) is 0.263. The number of ketones is 1. The van der Waals surface area contributed by atoms with E-state index in [1.807, 2.05) is 36.4 Å². The van der Waals surface area contributed by atoms with Crippen LogP contribution in [-0.2, 0) is 22.5 Å². The van der Waals surface area contributed by atoms with Crippen molar-refractivity contribution in [3.05, 3.63) is 71.3 Å². The van der Waals surface area contributed by atoms with Gasteiger partial charge in [-0.05, 0) is 30.0 Å². The van der Waals surface area contributed by atoms with Gasteiger partial charge in [-0.3, -0.25) is 14.4 Å². The van der Waals surface area contributed by atoms with E-state index in [0.29, 0.717) is 18.4 Å². The van der Waals surface area contributed by atoms with Gasteiger partial charge in [-0.2, -0.15) is 0 Å². The lowest BCUT2D eigenvalue weighted by Gasteiger charge is -2.13. The number of nitrogens with one attached hydrogen (secondary N) is 1. The number of benzene rings is 2. The van der Waals surface area contributed by atoms with Crippen LogP contribution in [0.3, 0.4) is 0 Å². The van der Waals surface area contributed by atoms with Gasteiger partial charge in [0.15, 0.2) is 5.78 Å². The molecule has 132 valence electrons. The molecule has 5 N–H and O–H groups in total. The van der Waals surface area contributed by atoms with Crippen molar-refractivity contribution in [2.75, 3.05) is 7.11 Å². The third-order valence-electron chi connectivity index (χ3n) is 3.84. The molecule has 0 saturated heterocycles. The van der Waals surface area contributed by atoms with E-state index < -0.39 is 18.0 Å². The second-order valence-electron chi connectivity index (χ2n) is 5.84. The van der Waals surface area contributed by atoms with Crippen LogP contribution >= 0.6 is 0 Å². The predicted octanol–water partition coefficient (Wildman–Crippen LogP) is 0.987. The first-order valence-electron chi connectivity index (χ1n) is 8.02. The van der Waals surface area contributed by atoms with Crippen LogP contribution < -0.4 is 16.9 Å². The molecule has 0 fully saturated rings. The van der Waals surface area contributed by atoms with E-state index in [9.17, 15) is 9.59 Å². The van der Waals surface area contributed by atoms with Crippen LogP contribution in [-0.4, -0.2) is 30.9 Å². The van der Waals surface area contributed by atoms with Gasteiger partial charge in [-0.25, -0.2) is 5.48 Å². The SMILES string of the molecule is CONC(=O)[C@@H](N)Cc1cccc(C(=O)[C@@H](N)Cc2ccccc2)c1. The largest absolute Gasteiger partial charge is 0.321 e. The molecule has 1 amide bonds. The van der Waals surface area contributed by atoms with E-state index in [4.69, 9.17) is 11.5 Å². The summed E-state index contributed by atoms with van der Waals surface area (Å²) in [5, 5.41) is 0. The molecule has 0 aliphatic carbocycles. The summed E-state index contributed by atoms with van der Waals surface area (Å²) in [4.78, 5) is 28.8. The second kappa shape index (κ2) is 9.08. The quantitative estimate of drug-likeness (QED) is 0.490. The Morgan fingerprint density at radius 3 is 2.28 bits per heavy atom. The zero-order valence-electron chi connectivity index (χ0n) is 14.1. The molecule has 25 heavy (non-hydrogen) atoms. The number of nitrogens with two attached hydrogens (primary N) is 2. The first-order chi connectivity index (χ1) is 12.0. The lowest BCUT2D eigenvalue weighted by atomic mass is 9.96. The Balaban J connectivity index is 2.04. The third-order valence-corrected chi connectivity index (χ3v) is 3.84. The minimum Gasteiger partial charge on any atom is -0.321 e. The monoisotopic (exact) mass is 341 g/mol. The molecule has 6 nitrogen and oxygen atoms in total. The Kier molecular flexibility index (Phi) is 6.82. The van der Waals surface area contributed by atoms with Crippen molar-refractivity contribution in [1.82, 2.24) is 5.48 Å². The molecule has 2 atom stereocenters. The van der Waals surface area contributed by atoms with E-state index in [2.05, 4.69) is 10.3 Å². The van der Waals surface area contributed by atoms with Gasteiger partial charge in [0, 0.05) is 5.56 Å². The van der Waals surface area contributed by atoms with Crippen molar-refractivity contribution >= 4 is 11.7 Å². The van der Waals surface area contributed by atoms with Gasteiger partial charge in [-0.1, -0.05) is 48.5 Å². The normalized spacial score (nSPS) is 13.1. The summed E-state index contributed by atoms with van der Waals surface area (Å²) in [5.41, 5.74) is 16.4. The maximum atomic E-state index is 12.6. The molecule has 2 aromatic rings. The summed E-state index contributed by atoms with van der Waals surface area (Å²) >= 11 is 0. The minimum atomic E-state index is -0.761. The molecule has 0 saturated carbocycles. The summed E-state index contributed by atoms with van der Waals surface area (Å²) in [6, 6.07) is 15.3. The number of rotatable bonds is 8. The summed E-state index contributed by atoms with van der Waals surface area (Å²) in [6.45, 7) is 0. The van der Waals surface area contributed by atoms with E-state index in [0.717, 1.165) is 11.1 Å². The van der Waals surface area contributed by atoms with Gasteiger partial charge >= 0.3 is 0 Å². The van der Waals surface area contributed by atoms with Gasteiger partial charge in [-0.15, -0.1) is 0 Å². The maximum absolute atomic E-state index is 12.6. The van der Waals surface area contributed by atoms with Crippen molar-refractivity contribution in [2.24, 2.45) is 11.5 Å². The Morgan fingerprint density at radius 1 is 0.960 bits per heavy atom. The molecule has 2 rings (SSSR count). The van der Waals surface area contributed by atoms with Crippen LogP contribution in [0, 0.1) is 0 Å². The lowest BCUT2D eigenvalue weighted by molar-refractivity contribution is -0.132. The number of Topliss-reactive ketones (excluding diaryl/α,β-unsaturated/α-hetero) is 1. The first-order valence-corrected chi connectivity index (χ1v) is 8.02. The van der Waals surface area contributed by atoms with E-state index in [1.165, 1.54) is 7.11 Å². The zero-order chi connectivity index (χ0) is 18.2. The number of amides is 1. The van der Waals surface area contributed by atoms with Crippen molar-refractivity contribution in [3.8, 4) is 0 Å². The molecule has 0 aliphatic rings. The fourth-order valence-electron chi connectivity index (χ4n) is 2.55. The number of carbonyl (C=O) groups is 2. The van der Waals surface area contributed by atoms with Crippen molar-refractivity contribution in [3.63, 3.8) is 0 Å². The van der Waals surface area contributed by atoms with Crippen LogP contribution in [0.2, 0.25) is 0 Å². The predicted molar refractivity (Wildman–Crippen MR) is 95.7 cm³/mol. The molecule has 0 heterocycles. The highest BCUT2D eigenvalue weighted by Gasteiger charge is 2.18. The average molecular weight is 341 g/mol. The molecule has 0 spiro atoms. The summed E-state index contributed by atoms with van der Waals surface area (Å²) in [5.74, 6) is -0.555. The van der Waals surface area contributed by atoms with E-state index in [1.54, 1.807) is 18.2 Å². The van der Waals surface area contributed by atoms with Gasteiger partial charge in [0.25, 0.3) is 5.91 Å². The summed E-state index contributed by atoms with van der Waals surface area (Å²) in [7, 11) is 1.35.